The van der Waals surface area contributed by atoms with E-state index in [-0.39, 0.29) is 6.61 Å². The zero-order valence-corrected chi connectivity index (χ0v) is 11.5. The van der Waals surface area contributed by atoms with E-state index in [0.717, 1.165) is 5.56 Å². The first-order valence-corrected chi connectivity index (χ1v) is 7.54. The van der Waals surface area contributed by atoms with Crippen molar-refractivity contribution >= 4 is 21.8 Å². The number of hydrogen-bond acceptors (Lipinski definition) is 3. The zero-order valence-electron chi connectivity index (χ0n) is 10.7. The van der Waals surface area contributed by atoms with E-state index in [4.69, 9.17) is 0 Å². The van der Waals surface area contributed by atoms with Crippen LogP contribution in [0.25, 0.3) is 6.08 Å². The third kappa shape index (κ3) is 1.93. The first kappa shape index (κ1) is 13.1. The molecule has 1 N–H and O–H groups in total. The second kappa shape index (κ2) is 4.10. The molecule has 18 heavy (non-hydrogen) atoms. The van der Waals surface area contributed by atoms with Crippen LogP contribution in [0.2, 0.25) is 0 Å². The Hall–Kier alpha value is -1.33. The minimum Gasteiger partial charge on any atom is -0.392 e. The van der Waals surface area contributed by atoms with Crippen LogP contribution in [0.1, 0.15) is 19.4 Å². The van der Waals surface area contributed by atoms with Crippen molar-refractivity contribution in [3.63, 3.8) is 0 Å². The molecule has 0 aromatic heterocycles. The van der Waals surface area contributed by atoms with E-state index in [1.165, 1.54) is 10.6 Å². The molecular weight excluding hydrogens is 250 g/mol. The molecule has 1 aromatic carbocycles. The van der Waals surface area contributed by atoms with Gasteiger partial charge in [-0.3, -0.25) is 4.31 Å². The summed E-state index contributed by atoms with van der Waals surface area (Å²) < 4.78 is 25.5. The van der Waals surface area contributed by atoms with Gasteiger partial charge < -0.3 is 5.11 Å². The van der Waals surface area contributed by atoms with Gasteiger partial charge in [0.25, 0.3) is 0 Å². The van der Waals surface area contributed by atoms with Crippen LogP contribution in [-0.4, -0.2) is 31.9 Å². The van der Waals surface area contributed by atoms with Gasteiger partial charge in [-0.15, -0.1) is 0 Å². The smallest absolute Gasteiger partial charge is 0.233 e. The molecule has 0 radical (unpaired) electrons. The molecule has 0 bridgehead atoms. The van der Waals surface area contributed by atoms with Gasteiger partial charge in [0, 0.05) is 0 Å². The minimum atomic E-state index is -3.41. The molecule has 0 aliphatic carbocycles. The predicted molar refractivity (Wildman–Crippen MR) is 72.9 cm³/mol. The molecule has 0 unspecified atom stereocenters. The molecule has 0 saturated carbocycles. The molecule has 1 aromatic rings. The molecule has 0 saturated heterocycles. The molecule has 1 aliphatic rings. The minimum absolute atomic E-state index is 0.159. The second-order valence-electron chi connectivity index (χ2n) is 4.97. The van der Waals surface area contributed by atoms with Crippen LogP contribution < -0.4 is 4.31 Å². The van der Waals surface area contributed by atoms with Crippen molar-refractivity contribution in [3.8, 4) is 0 Å². The van der Waals surface area contributed by atoms with Crippen LogP contribution in [0.4, 0.5) is 5.69 Å². The quantitative estimate of drug-likeness (QED) is 0.886. The number of hydrogen-bond donors (Lipinski definition) is 1. The number of benzene rings is 1. The highest BCUT2D eigenvalue weighted by Crippen LogP contribution is 2.40. The van der Waals surface area contributed by atoms with Crippen molar-refractivity contribution in [1.82, 2.24) is 0 Å². The highest BCUT2D eigenvalue weighted by molar-refractivity contribution is 7.92. The van der Waals surface area contributed by atoms with Gasteiger partial charge in [-0.25, -0.2) is 8.42 Å². The van der Waals surface area contributed by atoms with Crippen molar-refractivity contribution in [3.05, 3.63) is 35.4 Å². The van der Waals surface area contributed by atoms with Gasteiger partial charge in [0.05, 0.1) is 24.1 Å². The average molecular weight is 267 g/mol. The topological polar surface area (TPSA) is 57.6 Å². The highest BCUT2D eigenvalue weighted by atomic mass is 32.2. The monoisotopic (exact) mass is 267 g/mol. The lowest BCUT2D eigenvalue weighted by atomic mass is 9.88. The van der Waals surface area contributed by atoms with E-state index in [2.05, 4.69) is 0 Å². The third-order valence-corrected chi connectivity index (χ3v) is 4.60. The van der Waals surface area contributed by atoms with Gasteiger partial charge >= 0.3 is 0 Å². The molecule has 98 valence electrons. The Morgan fingerprint density at radius 3 is 2.44 bits per heavy atom. The Bertz CT molecular complexity index is 602. The SMILES string of the molecule is CC1(C)C(CO)=Cc2ccccc2N1S(C)(=O)=O. The van der Waals surface area contributed by atoms with Gasteiger partial charge in [0.15, 0.2) is 0 Å². The van der Waals surface area contributed by atoms with E-state index in [9.17, 15) is 13.5 Å². The number of para-hydroxylation sites is 1. The highest BCUT2D eigenvalue weighted by Gasteiger charge is 2.40. The molecular formula is C13H17NO3S. The summed E-state index contributed by atoms with van der Waals surface area (Å²) in [7, 11) is -3.41. The largest absolute Gasteiger partial charge is 0.392 e. The summed E-state index contributed by atoms with van der Waals surface area (Å²) >= 11 is 0. The van der Waals surface area contributed by atoms with Crippen molar-refractivity contribution in [2.24, 2.45) is 0 Å². The van der Waals surface area contributed by atoms with E-state index in [0.29, 0.717) is 11.3 Å². The van der Waals surface area contributed by atoms with Crippen LogP contribution in [0.15, 0.2) is 29.8 Å². The van der Waals surface area contributed by atoms with Gasteiger partial charge in [-0.05, 0) is 37.1 Å². The number of rotatable bonds is 2. The molecule has 0 spiro atoms. The molecule has 1 aliphatic heterocycles. The summed E-state index contributed by atoms with van der Waals surface area (Å²) in [6, 6.07) is 7.29. The van der Waals surface area contributed by atoms with Crippen LogP contribution in [0.3, 0.4) is 0 Å². The number of fused-ring (bicyclic) bond motifs is 1. The fraction of sp³-hybridized carbons (Fsp3) is 0.385. The van der Waals surface area contributed by atoms with E-state index < -0.39 is 15.6 Å². The summed E-state index contributed by atoms with van der Waals surface area (Å²) in [5, 5.41) is 9.45. The van der Waals surface area contributed by atoms with Gasteiger partial charge in [0.2, 0.25) is 10.0 Å². The Labute approximate surface area is 108 Å². The van der Waals surface area contributed by atoms with Gasteiger partial charge in [-0.2, -0.15) is 0 Å². The first-order valence-electron chi connectivity index (χ1n) is 5.70. The molecule has 2 rings (SSSR count). The van der Waals surface area contributed by atoms with Crippen LogP contribution >= 0.6 is 0 Å². The summed E-state index contributed by atoms with van der Waals surface area (Å²) in [6.07, 6.45) is 3.04. The normalized spacial score (nSPS) is 18.2. The van der Waals surface area contributed by atoms with Crippen molar-refractivity contribution in [1.29, 1.82) is 0 Å². The van der Waals surface area contributed by atoms with Gasteiger partial charge in [-0.1, -0.05) is 18.2 Å². The molecule has 1 heterocycles. The molecule has 5 heteroatoms. The van der Waals surface area contributed by atoms with Crippen molar-refractivity contribution in [2.45, 2.75) is 19.4 Å². The lowest BCUT2D eigenvalue weighted by Crippen LogP contribution is -2.51. The lowest BCUT2D eigenvalue weighted by molar-refractivity contribution is 0.312. The Morgan fingerprint density at radius 1 is 1.28 bits per heavy atom. The fourth-order valence-corrected chi connectivity index (χ4v) is 3.89. The summed E-state index contributed by atoms with van der Waals surface area (Å²) in [6.45, 7) is 3.44. The number of aliphatic hydroxyl groups excluding tert-OH is 1. The van der Waals surface area contributed by atoms with Crippen LogP contribution in [0, 0.1) is 0 Å². The van der Waals surface area contributed by atoms with E-state index in [1.54, 1.807) is 19.9 Å². The third-order valence-electron chi connectivity index (χ3n) is 3.28. The summed E-state index contributed by atoms with van der Waals surface area (Å²) in [4.78, 5) is 0. The maximum absolute atomic E-state index is 12.0. The number of anilines is 1. The fourth-order valence-electron chi connectivity index (χ4n) is 2.42. The Balaban J connectivity index is 2.76. The maximum Gasteiger partial charge on any atom is 0.233 e. The van der Waals surface area contributed by atoms with Crippen LogP contribution in [0.5, 0.6) is 0 Å². The predicted octanol–water partition coefficient (Wildman–Crippen LogP) is 1.62. The van der Waals surface area contributed by atoms with E-state index in [1.807, 2.05) is 24.3 Å². The lowest BCUT2D eigenvalue weighted by Gasteiger charge is -2.43. The average Bonchev–Trinajstić information content (AvgIpc) is 2.25. The Morgan fingerprint density at radius 2 is 1.89 bits per heavy atom. The summed E-state index contributed by atoms with van der Waals surface area (Å²) in [5.41, 5.74) is 1.40. The molecule has 4 nitrogen and oxygen atoms in total. The first-order chi connectivity index (χ1) is 8.28. The number of aliphatic hydroxyl groups is 1. The second-order valence-corrected chi connectivity index (χ2v) is 6.80. The molecule has 0 fully saturated rings. The van der Waals surface area contributed by atoms with E-state index >= 15 is 0 Å². The summed E-state index contributed by atoms with van der Waals surface area (Å²) in [5.74, 6) is 0. The number of sulfonamides is 1. The van der Waals surface area contributed by atoms with Crippen molar-refractivity contribution < 1.29 is 13.5 Å². The standard InChI is InChI=1S/C13H17NO3S/c1-13(2)11(9-15)8-10-6-4-5-7-12(10)14(13)18(3,16)17/h4-8,15H,9H2,1-3H3. The van der Waals surface area contributed by atoms with Crippen LogP contribution in [-0.2, 0) is 10.0 Å². The van der Waals surface area contributed by atoms with Crippen molar-refractivity contribution in [2.75, 3.05) is 17.2 Å². The van der Waals surface area contributed by atoms with Gasteiger partial charge in [0.1, 0.15) is 0 Å². The molecule has 0 amide bonds. The Kier molecular flexibility index (Phi) is 2.99. The maximum atomic E-state index is 12.0. The zero-order chi connectivity index (χ0) is 13.6. The number of nitrogens with zero attached hydrogens (tertiary/aromatic N) is 1. The molecule has 0 atom stereocenters.